The number of nitrogens with zero attached hydrogens (tertiary/aromatic N) is 1. The lowest BCUT2D eigenvalue weighted by atomic mass is 10.1. The van der Waals surface area contributed by atoms with E-state index in [4.69, 9.17) is 5.26 Å². The molecule has 0 rings (SSSR count). The Balaban J connectivity index is 3.91. The summed E-state index contributed by atoms with van der Waals surface area (Å²) in [6.07, 6.45) is 44.2. The van der Waals surface area contributed by atoms with E-state index in [1.807, 2.05) is 0 Å². The molecule has 0 fully saturated rings. The van der Waals surface area contributed by atoms with Gasteiger partial charge in [0.15, 0.2) is 0 Å². The van der Waals surface area contributed by atoms with E-state index in [1.165, 1.54) is 167 Å². The Morgan fingerprint density at radius 3 is 1.14 bits per heavy atom. The van der Waals surface area contributed by atoms with Gasteiger partial charge in [-0.2, -0.15) is 5.26 Å². The molecule has 0 atom stereocenters. The quantitative estimate of drug-likeness (QED) is 0.0271. The van der Waals surface area contributed by atoms with Crippen molar-refractivity contribution >= 4 is 5.97 Å². The van der Waals surface area contributed by atoms with Gasteiger partial charge < -0.3 is 9.37 Å². The molecule has 1 N–H and O–H groups in total. The summed E-state index contributed by atoms with van der Waals surface area (Å²) in [5.41, 5.74) is 0. The van der Waals surface area contributed by atoms with Crippen molar-refractivity contribution in [2.75, 3.05) is 26.7 Å². The fourth-order valence-electron chi connectivity index (χ4n) is 5.87. The number of quaternary nitrogens is 1. The zero-order valence-electron chi connectivity index (χ0n) is 28.7. The van der Waals surface area contributed by atoms with E-state index in [-0.39, 0.29) is 0 Å². The van der Waals surface area contributed by atoms with Crippen molar-refractivity contribution in [3.8, 4) is 0 Å². The highest BCUT2D eigenvalue weighted by molar-refractivity contribution is 5.68. The second-order valence-electron chi connectivity index (χ2n) is 13.2. The van der Waals surface area contributed by atoms with E-state index in [1.54, 1.807) is 0 Å². The van der Waals surface area contributed by atoms with Gasteiger partial charge in [0.1, 0.15) is 0 Å². The number of unbranched alkanes of at least 4 members (excludes halogenated alkanes) is 22. The van der Waals surface area contributed by atoms with Crippen molar-refractivity contribution in [2.45, 2.75) is 187 Å². The smallest absolute Gasteiger partial charge is 0.326 e. The minimum atomic E-state index is -0.506. The third-order valence-electron chi connectivity index (χ3n) is 8.88. The summed E-state index contributed by atoms with van der Waals surface area (Å²) in [5.74, 6) is -0.506. The maximum Gasteiger partial charge on any atom is 0.347 e. The maximum absolute atomic E-state index is 11.6. The molecule has 248 valence electrons. The summed E-state index contributed by atoms with van der Waals surface area (Å²) in [4.78, 5) is 15.5. The molecule has 0 saturated heterocycles. The van der Waals surface area contributed by atoms with Gasteiger partial charge in [-0.1, -0.05) is 128 Å². The van der Waals surface area contributed by atoms with Gasteiger partial charge in [-0.05, 0) is 77.0 Å². The molecular weight excluding hydrogens is 518 g/mol. The predicted molar refractivity (Wildman–Crippen MR) is 184 cm³/mol. The fourth-order valence-corrected chi connectivity index (χ4v) is 5.87. The number of rotatable bonds is 33. The summed E-state index contributed by atoms with van der Waals surface area (Å²) in [6.45, 7) is 7.53. The molecule has 4 nitrogen and oxygen atoms in total. The number of allylic oxidation sites excluding steroid dienone is 4. The first-order valence-corrected chi connectivity index (χ1v) is 18.6. The summed E-state index contributed by atoms with van der Waals surface area (Å²) in [6, 6.07) is 0. The average molecular weight is 593 g/mol. The zero-order valence-corrected chi connectivity index (χ0v) is 28.7. The van der Waals surface area contributed by atoms with E-state index in [9.17, 15) is 4.79 Å². The first kappa shape index (κ1) is 40.9. The van der Waals surface area contributed by atoms with Crippen molar-refractivity contribution in [1.82, 2.24) is 0 Å². The van der Waals surface area contributed by atoms with Crippen LogP contribution < -0.4 is 0 Å². The van der Waals surface area contributed by atoms with Crippen LogP contribution in [0.15, 0.2) is 24.3 Å². The molecule has 0 unspecified atom stereocenters. The van der Waals surface area contributed by atoms with Crippen LogP contribution in [0.3, 0.4) is 0 Å². The predicted octanol–water partition coefficient (Wildman–Crippen LogP) is 12.1. The number of hydrogen-bond donors (Lipinski definition) is 1. The van der Waals surface area contributed by atoms with Crippen LogP contribution in [-0.2, 0) is 9.68 Å². The summed E-state index contributed by atoms with van der Waals surface area (Å²) < 4.78 is 0.914. The van der Waals surface area contributed by atoms with Gasteiger partial charge in [-0.25, -0.2) is 4.79 Å². The maximum atomic E-state index is 11.6. The Hall–Kier alpha value is -1.13. The van der Waals surface area contributed by atoms with Crippen LogP contribution in [0.25, 0.3) is 0 Å². The molecule has 0 radical (unpaired) electrons. The van der Waals surface area contributed by atoms with E-state index in [0.29, 0.717) is 6.42 Å². The monoisotopic (exact) mass is 593 g/mol. The average Bonchev–Trinajstić information content (AvgIpc) is 3.00. The molecule has 0 aliphatic rings. The molecule has 0 aliphatic carbocycles. The molecule has 0 aliphatic heterocycles. The first-order valence-electron chi connectivity index (χ1n) is 18.6. The molecule has 4 heteroatoms. The van der Waals surface area contributed by atoms with Crippen LogP contribution in [0, 0.1) is 0 Å². The summed E-state index contributed by atoms with van der Waals surface area (Å²) in [5, 5.41) is 8.70. The van der Waals surface area contributed by atoms with Gasteiger partial charge >= 0.3 is 5.97 Å². The Morgan fingerprint density at radius 2 is 0.810 bits per heavy atom. The minimum absolute atomic E-state index is 0.295. The van der Waals surface area contributed by atoms with Crippen LogP contribution >= 0.6 is 0 Å². The zero-order chi connectivity index (χ0) is 30.8. The highest BCUT2D eigenvalue weighted by Crippen LogP contribution is 2.16. The van der Waals surface area contributed by atoms with Crippen LogP contribution in [0.5, 0.6) is 0 Å². The van der Waals surface area contributed by atoms with Gasteiger partial charge in [-0.3, -0.25) is 0 Å². The van der Waals surface area contributed by atoms with E-state index in [2.05, 4.69) is 50.1 Å². The summed E-state index contributed by atoms with van der Waals surface area (Å²) >= 11 is 0. The standard InChI is InChI=1S/C38H73NO3/c1-4-6-8-10-12-14-16-18-20-22-24-26-28-30-32-35-39(3,37-34-38(40)42-41)36-33-31-29-27-25-23-21-19-17-15-13-11-9-7-5-2/h18-21H,4-17,22-37H2,1-3H3/p+1. The topological polar surface area (TPSA) is 46.5 Å². The third kappa shape index (κ3) is 30.3. The van der Waals surface area contributed by atoms with Crippen LogP contribution in [0.1, 0.15) is 187 Å². The Kier molecular flexibility index (Phi) is 31.9. The normalized spacial score (nSPS) is 13.3. The Morgan fingerprint density at radius 1 is 0.500 bits per heavy atom. The van der Waals surface area contributed by atoms with Crippen molar-refractivity contribution in [3.63, 3.8) is 0 Å². The Labute approximate surface area is 263 Å². The van der Waals surface area contributed by atoms with Gasteiger partial charge in [-0.15, -0.1) is 0 Å². The van der Waals surface area contributed by atoms with Gasteiger partial charge in [0.2, 0.25) is 0 Å². The highest BCUT2D eigenvalue weighted by atomic mass is 17.1. The summed E-state index contributed by atoms with van der Waals surface area (Å²) in [7, 11) is 2.29. The molecule has 0 spiro atoms. The van der Waals surface area contributed by atoms with Gasteiger partial charge in [0.25, 0.3) is 0 Å². The second kappa shape index (κ2) is 32.8. The van der Waals surface area contributed by atoms with Crippen molar-refractivity contribution in [2.24, 2.45) is 0 Å². The van der Waals surface area contributed by atoms with Crippen LogP contribution in [0.2, 0.25) is 0 Å². The molecule has 0 amide bonds. The van der Waals surface area contributed by atoms with E-state index in [0.717, 1.165) is 24.1 Å². The second-order valence-corrected chi connectivity index (χ2v) is 13.2. The SMILES string of the molecule is CCCCCCCCC=CCCCCCCC[N+](C)(CCCCCCCC=CCCCCCCCC)CCC(=O)OO. The number of hydrogen-bond acceptors (Lipinski definition) is 3. The van der Waals surface area contributed by atoms with Crippen molar-refractivity contribution < 1.29 is 19.4 Å². The largest absolute Gasteiger partial charge is 0.347 e. The molecular formula is C38H74NO3+. The molecule has 0 bridgehead atoms. The lowest BCUT2D eigenvalue weighted by Crippen LogP contribution is -2.47. The highest BCUT2D eigenvalue weighted by Gasteiger charge is 2.22. The van der Waals surface area contributed by atoms with E-state index < -0.39 is 5.97 Å². The van der Waals surface area contributed by atoms with Gasteiger partial charge in [0, 0.05) is 0 Å². The third-order valence-corrected chi connectivity index (χ3v) is 8.88. The Bertz CT molecular complexity index is 575. The molecule has 0 aromatic heterocycles. The number of carbonyl (C=O) groups is 1. The lowest BCUT2D eigenvalue weighted by Gasteiger charge is -2.34. The van der Waals surface area contributed by atoms with Crippen LogP contribution in [0.4, 0.5) is 0 Å². The van der Waals surface area contributed by atoms with Crippen LogP contribution in [-0.4, -0.2) is 42.4 Å². The molecule has 0 aromatic rings. The molecule has 0 saturated carbocycles. The minimum Gasteiger partial charge on any atom is -0.326 e. The van der Waals surface area contributed by atoms with Crippen molar-refractivity contribution in [1.29, 1.82) is 0 Å². The van der Waals surface area contributed by atoms with Gasteiger partial charge in [0.05, 0.1) is 33.1 Å². The van der Waals surface area contributed by atoms with Crippen molar-refractivity contribution in [3.05, 3.63) is 24.3 Å². The number of carbonyl (C=O) groups excluding carboxylic acids is 1. The lowest BCUT2D eigenvalue weighted by molar-refractivity contribution is -0.909. The first-order chi connectivity index (χ1) is 20.6. The van der Waals surface area contributed by atoms with E-state index >= 15 is 0 Å². The fraction of sp³-hybridized carbons (Fsp3) is 0.868. The molecule has 42 heavy (non-hydrogen) atoms. The molecule has 0 heterocycles. The molecule has 0 aromatic carbocycles.